The third-order valence-electron chi connectivity index (χ3n) is 3.33. The maximum Gasteiger partial charge on any atom is 0.101 e. The Morgan fingerprint density at radius 3 is 2.85 bits per heavy atom. The number of aryl methyl sites for hydroxylation is 1. The zero-order valence-electron chi connectivity index (χ0n) is 11.7. The summed E-state index contributed by atoms with van der Waals surface area (Å²) in [7, 11) is 1.65. The zero-order chi connectivity index (χ0) is 14.5. The molecule has 1 heterocycles. The van der Waals surface area contributed by atoms with Gasteiger partial charge in [0.2, 0.25) is 0 Å². The van der Waals surface area contributed by atoms with Crippen molar-refractivity contribution in [3.8, 4) is 0 Å². The Kier molecular flexibility index (Phi) is 5.34. The van der Waals surface area contributed by atoms with Gasteiger partial charge in [0.1, 0.15) is 6.10 Å². The molecule has 0 saturated carbocycles. The van der Waals surface area contributed by atoms with Crippen LogP contribution in [0.4, 0.5) is 0 Å². The van der Waals surface area contributed by atoms with Crippen molar-refractivity contribution < 1.29 is 9.84 Å². The first-order valence-corrected chi connectivity index (χ1v) is 7.35. The van der Waals surface area contributed by atoms with E-state index in [1.807, 2.05) is 18.2 Å². The number of hydrogen-bond acceptors (Lipinski definition) is 3. The Morgan fingerprint density at radius 1 is 1.40 bits per heavy atom. The van der Waals surface area contributed by atoms with Crippen molar-refractivity contribution in [2.24, 2.45) is 0 Å². The van der Waals surface area contributed by atoms with E-state index in [-0.39, 0.29) is 0 Å². The average molecular weight is 339 g/mol. The van der Waals surface area contributed by atoms with Gasteiger partial charge in [0.15, 0.2) is 0 Å². The Hall–Kier alpha value is -1.17. The quantitative estimate of drug-likeness (QED) is 0.880. The summed E-state index contributed by atoms with van der Waals surface area (Å²) in [5.74, 6) is 0. The van der Waals surface area contributed by atoms with E-state index < -0.39 is 6.10 Å². The van der Waals surface area contributed by atoms with Crippen LogP contribution >= 0.6 is 15.9 Å². The predicted molar refractivity (Wildman–Crippen MR) is 81.6 cm³/mol. The van der Waals surface area contributed by atoms with E-state index in [9.17, 15) is 5.11 Å². The van der Waals surface area contributed by atoms with Crippen molar-refractivity contribution in [3.05, 3.63) is 51.8 Å². The van der Waals surface area contributed by atoms with Gasteiger partial charge >= 0.3 is 0 Å². The summed E-state index contributed by atoms with van der Waals surface area (Å²) in [4.78, 5) is 0. The predicted octanol–water partition coefficient (Wildman–Crippen LogP) is 2.88. The lowest BCUT2D eigenvalue weighted by Gasteiger charge is -2.15. The molecule has 0 fully saturated rings. The Bertz CT molecular complexity index is 569. The molecule has 0 saturated heterocycles. The van der Waals surface area contributed by atoms with E-state index in [1.165, 1.54) is 5.56 Å². The van der Waals surface area contributed by atoms with E-state index in [0.717, 1.165) is 15.7 Å². The van der Waals surface area contributed by atoms with Crippen molar-refractivity contribution in [2.45, 2.75) is 26.0 Å². The van der Waals surface area contributed by atoms with Crippen molar-refractivity contribution in [3.63, 3.8) is 0 Å². The average Bonchev–Trinajstić information content (AvgIpc) is 2.80. The van der Waals surface area contributed by atoms with Gasteiger partial charge in [-0.3, -0.25) is 4.68 Å². The van der Waals surface area contributed by atoms with E-state index in [0.29, 0.717) is 19.6 Å². The lowest BCUT2D eigenvalue weighted by molar-refractivity contribution is 0.152. The van der Waals surface area contributed by atoms with Gasteiger partial charge in [-0.15, -0.1) is 0 Å². The van der Waals surface area contributed by atoms with Crippen LogP contribution in [-0.4, -0.2) is 28.6 Å². The van der Waals surface area contributed by atoms with Crippen LogP contribution in [0.1, 0.15) is 22.9 Å². The number of aliphatic hydroxyl groups is 1. The summed E-state index contributed by atoms with van der Waals surface area (Å²) in [6, 6.07) is 8.10. The SMILES string of the molecule is COCCn1ncc(Br)c1C(O)Cc1ccccc1C. The molecule has 0 amide bonds. The fourth-order valence-corrected chi connectivity index (χ4v) is 2.76. The molecular formula is C15H19BrN2O2. The van der Waals surface area contributed by atoms with E-state index in [2.05, 4.69) is 34.0 Å². The van der Waals surface area contributed by atoms with Crippen molar-refractivity contribution in [1.82, 2.24) is 9.78 Å². The minimum Gasteiger partial charge on any atom is -0.386 e. The van der Waals surface area contributed by atoms with Crippen LogP contribution in [0.2, 0.25) is 0 Å². The monoisotopic (exact) mass is 338 g/mol. The minimum absolute atomic E-state index is 0.568. The molecule has 0 bridgehead atoms. The first-order chi connectivity index (χ1) is 9.63. The Morgan fingerprint density at radius 2 is 2.15 bits per heavy atom. The number of aliphatic hydroxyl groups excluding tert-OH is 1. The van der Waals surface area contributed by atoms with Crippen LogP contribution in [0, 0.1) is 6.92 Å². The van der Waals surface area contributed by atoms with Gasteiger partial charge in [0.05, 0.1) is 29.5 Å². The van der Waals surface area contributed by atoms with E-state index in [1.54, 1.807) is 18.0 Å². The maximum absolute atomic E-state index is 10.5. The molecule has 1 unspecified atom stereocenters. The molecule has 0 radical (unpaired) electrons. The van der Waals surface area contributed by atoms with Gasteiger partial charge in [-0.1, -0.05) is 24.3 Å². The molecular weight excluding hydrogens is 320 g/mol. The minimum atomic E-state index is -0.593. The van der Waals surface area contributed by atoms with Gasteiger partial charge in [-0.25, -0.2) is 0 Å². The molecule has 1 aromatic carbocycles. The summed E-state index contributed by atoms with van der Waals surface area (Å²) in [5, 5.41) is 14.8. The van der Waals surface area contributed by atoms with Crippen molar-refractivity contribution in [2.75, 3.05) is 13.7 Å². The highest BCUT2D eigenvalue weighted by Crippen LogP contribution is 2.26. The molecule has 5 heteroatoms. The van der Waals surface area contributed by atoms with Gasteiger partial charge in [-0.2, -0.15) is 5.10 Å². The molecule has 108 valence electrons. The molecule has 1 N–H and O–H groups in total. The summed E-state index contributed by atoms with van der Waals surface area (Å²) in [5.41, 5.74) is 3.13. The first-order valence-electron chi connectivity index (χ1n) is 6.56. The summed E-state index contributed by atoms with van der Waals surface area (Å²) >= 11 is 3.46. The largest absolute Gasteiger partial charge is 0.386 e. The van der Waals surface area contributed by atoms with Crippen LogP contribution in [-0.2, 0) is 17.7 Å². The fourth-order valence-electron chi connectivity index (χ4n) is 2.20. The molecule has 0 aliphatic rings. The molecule has 2 rings (SSSR count). The number of rotatable bonds is 6. The zero-order valence-corrected chi connectivity index (χ0v) is 13.3. The molecule has 2 aromatic rings. The smallest absolute Gasteiger partial charge is 0.101 e. The highest BCUT2D eigenvalue weighted by molar-refractivity contribution is 9.10. The highest BCUT2D eigenvalue weighted by atomic mass is 79.9. The summed E-state index contributed by atoms with van der Waals surface area (Å²) in [6.07, 6.45) is 1.69. The molecule has 0 aliphatic heterocycles. The highest BCUT2D eigenvalue weighted by Gasteiger charge is 2.18. The molecule has 4 nitrogen and oxygen atoms in total. The topological polar surface area (TPSA) is 47.3 Å². The fraction of sp³-hybridized carbons (Fsp3) is 0.400. The molecule has 20 heavy (non-hydrogen) atoms. The van der Waals surface area contributed by atoms with Gasteiger partial charge in [0, 0.05) is 13.5 Å². The number of methoxy groups -OCH3 is 1. The van der Waals surface area contributed by atoms with Crippen LogP contribution in [0.25, 0.3) is 0 Å². The lowest BCUT2D eigenvalue weighted by atomic mass is 10.0. The third kappa shape index (κ3) is 3.48. The number of halogens is 1. The Labute approximate surface area is 127 Å². The molecule has 0 aliphatic carbocycles. The molecule has 0 spiro atoms. The van der Waals surface area contributed by atoms with Crippen LogP contribution < -0.4 is 0 Å². The number of aromatic nitrogens is 2. The normalized spacial score (nSPS) is 12.6. The second-order valence-electron chi connectivity index (χ2n) is 4.74. The number of nitrogens with zero attached hydrogens (tertiary/aromatic N) is 2. The van der Waals surface area contributed by atoms with Crippen molar-refractivity contribution in [1.29, 1.82) is 0 Å². The van der Waals surface area contributed by atoms with Crippen LogP contribution in [0.3, 0.4) is 0 Å². The van der Waals surface area contributed by atoms with Crippen LogP contribution in [0.5, 0.6) is 0 Å². The van der Waals surface area contributed by atoms with E-state index in [4.69, 9.17) is 4.74 Å². The van der Waals surface area contributed by atoms with E-state index >= 15 is 0 Å². The standard InChI is InChI=1S/C15H19BrN2O2/c1-11-5-3-4-6-12(11)9-14(19)15-13(16)10-17-18(15)7-8-20-2/h3-6,10,14,19H,7-9H2,1-2H3. The second-order valence-corrected chi connectivity index (χ2v) is 5.59. The summed E-state index contributed by atoms with van der Waals surface area (Å²) in [6.45, 7) is 3.25. The second kappa shape index (κ2) is 7.02. The van der Waals surface area contributed by atoms with Crippen molar-refractivity contribution >= 4 is 15.9 Å². The number of benzene rings is 1. The lowest BCUT2D eigenvalue weighted by Crippen LogP contribution is -2.14. The number of ether oxygens (including phenoxy) is 1. The summed E-state index contributed by atoms with van der Waals surface area (Å²) < 4.78 is 7.69. The third-order valence-corrected chi connectivity index (χ3v) is 3.94. The van der Waals surface area contributed by atoms with Gasteiger partial charge < -0.3 is 9.84 Å². The Balaban J connectivity index is 2.18. The van der Waals surface area contributed by atoms with Gasteiger partial charge in [0.25, 0.3) is 0 Å². The molecule has 1 atom stereocenters. The molecule has 1 aromatic heterocycles. The first kappa shape index (κ1) is 15.2. The number of hydrogen-bond donors (Lipinski definition) is 1. The van der Waals surface area contributed by atoms with Crippen LogP contribution in [0.15, 0.2) is 34.9 Å². The van der Waals surface area contributed by atoms with Gasteiger partial charge in [-0.05, 0) is 34.0 Å². The maximum atomic E-state index is 10.5.